The van der Waals surface area contributed by atoms with Crippen LogP contribution in [0.15, 0.2) is 23.1 Å². The van der Waals surface area contributed by atoms with E-state index in [9.17, 15) is 22.4 Å². The largest absolute Gasteiger partial charge is 0.378 e. The van der Waals surface area contributed by atoms with Crippen LogP contribution < -0.4 is 0 Å². The fourth-order valence-electron chi connectivity index (χ4n) is 3.12. The number of ether oxygens (including phenoxy) is 1. The first-order chi connectivity index (χ1) is 12.8. The molecule has 2 saturated heterocycles. The summed E-state index contributed by atoms with van der Waals surface area (Å²) < 4.78 is 45.7. The highest BCUT2D eigenvalue weighted by Gasteiger charge is 2.35. The quantitative estimate of drug-likeness (QED) is 0.645. The zero-order valence-corrected chi connectivity index (χ0v) is 15.9. The molecule has 10 heteroatoms. The number of benzene rings is 1. The third-order valence-electron chi connectivity index (χ3n) is 4.71. The Morgan fingerprint density at radius 1 is 0.963 bits per heavy atom. The highest BCUT2D eigenvalue weighted by atomic mass is 32.2. The maximum atomic E-state index is 14.0. The first-order valence-electron chi connectivity index (χ1n) is 8.73. The number of hydrogen-bond donors (Lipinski definition) is 0. The van der Waals surface area contributed by atoms with Crippen LogP contribution in [0.2, 0.25) is 0 Å². The van der Waals surface area contributed by atoms with Gasteiger partial charge in [-0.25, -0.2) is 12.8 Å². The van der Waals surface area contributed by atoms with Crippen molar-refractivity contribution in [2.75, 3.05) is 52.5 Å². The predicted molar refractivity (Wildman–Crippen MR) is 93.9 cm³/mol. The summed E-state index contributed by atoms with van der Waals surface area (Å²) in [5, 5.41) is 0. The van der Waals surface area contributed by atoms with Crippen LogP contribution in [0.4, 0.5) is 4.39 Å². The van der Waals surface area contributed by atoms with Crippen molar-refractivity contribution >= 4 is 21.8 Å². The SMILES string of the molecule is Cc1ccc(F)c(S(=O)(=O)N2CCN(C(=O)C(=O)N3CCOCC3)CC2)c1. The number of halogens is 1. The molecule has 27 heavy (non-hydrogen) atoms. The summed E-state index contributed by atoms with van der Waals surface area (Å²) in [5.41, 5.74) is 0.639. The number of amides is 2. The van der Waals surface area contributed by atoms with Gasteiger partial charge in [-0.3, -0.25) is 9.59 Å². The van der Waals surface area contributed by atoms with Crippen LogP contribution in [0.25, 0.3) is 0 Å². The molecule has 0 saturated carbocycles. The van der Waals surface area contributed by atoms with Gasteiger partial charge in [0, 0.05) is 39.3 Å². The second-order valence-electron chi connectivity index (χ2n) is 6.53. The van der Waals surface area contributed by atoms with Gasteiger partial charge in [0.25, 0.3) is 0 Å². The van der Waals surface area contributed by atoms with Crippen molar-refractivity contribution < 1.29 is 27.1 Å². The molecule has 0 N–H and O–H groups in total. The van der Waals surface area contributed by atoms with Crippen molar-refractivity contribution in [3.63, 3.8) is 0 Å². The van der Waals surface area contributed by atoms with Gasteiger partial charge >= 0.3 is 11.8 Å². The van der Waals surface area contributed by atoms with Gasteiger partial charge in [-0.2, -0.15) is 4.31 Å². The van der Waals surface area contributed by atoms with Crippen LogP contribution in [-0.4, -0.2) is 86.8 Å². The number of carbonyl (C=O) groups is 2. The summed E-state index contributed by atoms with van der Waals surface area (Å²) >= 11 is 0. The minimum atomic E-state index is -4.00. The zero-order valence-electron chi connectivity index (χ0n) is 15.1. The number of hydrogen-bond acceptors (Lipinski definition) is 5. The maximum Gasteiger partial charge on any atom is 0.312 e. The molecule has 3 rings (SSSR count). The highest BCUT2D eigenvalue weighted by Crippen LogP contribution is 2.22. The predicted octanol–water partition coefficient (Wildman–Crippen LogP) is -0.174. The number of aryl methyl sites for hydroxylation is 1. The molecule has 1 aromatic carbocycles. The van der Waals surface area contributed by atoms with Crippen molar-refractivity contribution in [1.82, 2.24) is 14.1 Å². The van der Waals surface area contributed by atoms with Crippen molar-refractivity contribution in [3.8, 4) is 0 Å². The van der Waals surface area contributed by atoms with Crippen LogP contribution in [0.3, 0.4) is 0 Å². The summed E-state index contributed by atoms with van der Waals surface area (Å²) in [4.78, 5) is 27.1. The molecule has 0 aromatic heterocycles. The van der Waals surface area contributed by atoms with Gasteiger partial charge in [0.1, 0.15) is 10.7 Å². The lowest BCUT2D eigenvalue weighted by molar-refractivity contribution is -0.154. The highest BCUT2D eigenvalue weighted by molar-refractivity contribution is 7.89. The van der Waals surface area contributed by atoms with E-state index in [1.807, 2.05) is 0 Å². The van der Waals surface area contributed by atoms with Crippen molar-refractivity contribution in [1.29, 1.82) is 0 Å². The average Bonchev–Trinajstić information content (AvgIpc) is 2.69. The molecular weight excluding hydrogens is 377 g/mol. The monoisotopic (exact) mass is 399 g/mol. The molecule has 0 radical (unpaired) electrons. The maximum absolute atomic E-state index is 14.0. The van der Waals surface area contributed by atoms with E-state index in [4.69, 9.17) is 4.74 Å². The number of carbonyl (C=O) groups excluding carboxylic acids is 2. The van der Waals surface area contributed by atoms with Crippen LogP contribution in [0, 0.1) is 12.7 Å². The Morgan fingerprint density at radius 3 is 2.11 bits per heavy atom. The third kappa shape index (κ3) is 4.12. The Labute approximate surface area is 157 Å². The summed E-state index contributed by atoms with van der Waals surface area (Å²) in [7, 11) is -4.00. The Hall–Kier alpha value is -2.04. The molecule has 0 spiro atoms. The van der Waals surface area contributed by atoms with Crippen molar-refractivity contribution in [2.24, 2.45) is 0 Å². The Morgan fingerprint density at radius 2 is 1.52 bits per heavy atom. The molecule has 2 aliphatic heterocycles. The second-order valence-corrected chi connectivity index (χ2v) is 8.44. The minimum absolute atomic E-state index is 0.0118. The number of morpholine rings is 1. The summed E-state index contributed by atoms with van der Waals surface area (Å²) in [6, 6.07) is 3.93. The standard InChI is InChI=1S/C17H22FN3O5S/c1-13-2-3-14(18)15(12-13)27(24,25)21-6-4-19(5-7-21)16(22)17(23)20-8-10-26-11-9-20/h2-3,12H,4-11H2,1H3. The number of rotatable bonds is 2. The van der Waals surface area contributed by atoms with Gasteiger partial charge in [-0.15, -0.1) is 0 Å². The van der Waals surface area contributed by atoms with Crippen LogP contribution in [0.1, 0.15) is 5.56 Å². The number of nitrogens with zero attached hydrogens (tertiary/aromatic N) is 3. The number of piperazine rings is 1. The fraction of sp³-hybridized carbons (Fsp3) is 0.529. The van der Waals surface area contributed by atoms with E-state index in [1.165, 1.54) is 21.9 Å². The molecule has 148 valence electrons. The molecule has 2 amide bonds. The Balaban J connectivity index is 1.65. The van der Waals surface area contributed by atoms with Gasteiger partial charge < -0.3 is 14.5 Å². The van der Waals surface area contributed by atoms with Gasteiger partial charge in [0.05, 0.1) is 13.2 Å². The van der Waals surface area contributed by atoms with Crippen LogP contribution in [0.5, 0.6) is 0 Å². The van der Waals surface area contributed by atoms with E-state index in [-0.39, 0.29) is 31.1 Å². The topological polar surface area (TPSA) is 87.2 Å². The summed E-state index contributed by atoms with van der Waals surface area (Å²) in [6.07, 6.45) is 0. The van der Waals surface area contributed by atoms with E-state index in [1.54, 1.807) is 6.92 Å². The van der Waals surface area contributed by atoms with Crippen molar-refractivity contribution in [2.45, 2.75) is 11.8 Å². The molecular formula is C17H22FN3O5S. The molecule has 2 aliphatic rings. The summed E-state index contributed by atoms with van der Waals surface area (Å²) in [5.74, 6) is -2.04. The van der Waals surface area contributed by atoms with Crippen LogP contribution >= 0.6 is 0 Å². The first-order valence-corrected chi connectivity index (χ1v) is 10.2. The molecule has 2 fully saturated rings. The lowest BCUT2D eigenvalue weighted by Crippen LogP contribution is -2.55. The average molecular weight is 399 g/mol. The molecule has 8 nitrogen and oxygen atoms in total. The minimum Gasteiger partial charge on any atom is -0.378 e. The Bertz CT molecular complexity index is 831. The van der Waals surface area contributed by atoms with E-state index in [2.05, 4.69) is 0 Å². The summed E-state index contributed by atoms with van der Waals surface area (Å²) in [6.45, 7) is 3.41. The van der Waals surface area contributed by atoms with Gasteiger partial charge in [-0.05, 0) is 24.6 Å². The Kier molecular flexibility index (Phi) is 5.78. The molecule has 0 aliphatic carbocycles. The smallest absolute Gasteiger partial charge is 0.312 e. The molecule has 1 aromatic rings. The normalized spacial score (nSPS) is 19.2. The van der Waals surface area contributed by atoms with Gasteiger partial charge in [0.2, 0.25) is 10.0 Å². The molecule has 0 unspecified atom stereocenters. The van der Waals surface area contributed by atoms with E-state index >= 15 is 0 Å². The molecule has 0 atom stereocenters. The van der Waals surface area contributed by atoms with E-state index < -0.39 is 27.7 Å². The van der Waals surface area contributed by atoms with Crippen LogP contribution in [-0.2, 0) is 24.3 Å². The lowest BCUT2D eigenvalue weighted by atomic mass is 10.2. The second kappa shape index (κ2) is 7.91. The van der Waals surface area contributed by atoms with E-state index in [0.717, 1.165) is 10.4 Å². The molecule has 2 heterocycles. The first kappa shape index (κ1) is 19.7. The molecule has 0 bridgehead atoms. The van der Waals surface area contributed by atoms with Gasteiger partial charge in [0.15, 0.2) is 0 Å². The van der Waals surface area contributed by atoms with E-state index in [0.29, 0.717) is 31.9 Å². The third-order valence-corrected chi connectivity index (χ3v) is 6.63. The number of sulfonamides is 1. The zero-order chi connectivity index (χ0) is 19.6. The lowest BCUT2D eigenvalue weighted by Gasteiger charge is -2.35. The fourth-order valence-corrected chi connectivity index (χ4v) is 4.69. The van der Waals surface area contributed by atoms with Crippen molar-refractivity contribution in [3.05, 3.63) is 29.6 Å². The van der Waals surface area contributed by atoms with Gasteiger partial charge in [-0.1, -0.05) is 6.07 Å².